The average molecular weight is 779 g/mol. The van der Waals surface area contributed by atoms with Crippen molar-refractivity contribution in [3.8, 4) is 46.0 Å². The lowest BCUT2D eigenvalue weighted by atomic mass is 9.88. The van der Waals surface area contributed by atoms with Gasteiger partial charge in [-0.25, -0.2) is 0 Å². The highest BCUT2D eigenvalue weighted by atomic mass is 32.2. The van der Waals surface area contributed by atoms with Gasteiger partial charge in [-0.2, -0.15) is 0 Å². The van der Waals surface area contributed by atoms with E-state index in [2.05, 4.69) is 39.6 Å². The van der Waals surface area contributed by atoms with Gasteiger partial charge in [0, 0.05) is 34.7 Å². The largest absolute Gasteiger partial charge is 0.493 e. The van der Waals surface area contributed by atoms with Crippen LogP contribution in [0.2, 0.25) is 0 Å². The number of rotatable bonds is 11. The zero-order valence-corrected chi connectivity index (χ0v) is 33.0. The molecule has 1 atom stereocenters. The summed E-state index contributed by atoms with van der Waals surface area (Å²) in [5.74, 6) is 4.65. The zero-order valence-electron chi connectivity index (χ0n) is 32.2. The predicted octanol–water partition coefficient (Wildman–Crippen LogP) is 8.62. The zero-order chi connectivity index (χ0) is 39.2. The molecule has 0 aromatic heterocycles. The minimum Gasteiger partial charge on any atom is -0.493 e. The van der Waals surface area contributed by atoms with Crippen LogP contribution in [0.15, 0.2) is 83.8 Å². The molecule has 3 heterocycles. The van der Waals surface area contributed by atoms with Crippen LogP contribution in [0.1, 0.15) is 39.4 Å². The number of nitro groups is 1. The van der Waals surface area contributed by atoms with Gasteiger partial charge >= 0.3 is 0 Å². The molecule has 5 aromatic carbocycles. The Morgan fingerprint density at radius 2 is 1.52 bits per heavy atom. The molecule has 3 aliphatic heterocycles. The van der Waals surface area contributed by atoms with E-state index in [0.29, 0.717) is 52.4 Å². The summed E-state index contributed by atoms with van der Waals surface area (Å²) in [5.41, 5.74) is 7.33. The first-order valence-corrected chi connectivity index (χ1v) is 19.3. The SMILES string of the molecule is CNCCc1cc(OC)c2cc1CCc1ccc(cc1)Oc1cc(c(NSc3ccc([N+](=O)[O-])cc3)cc1OC)C[C@@H]1NCCc3cc(OC)c(OC)c(c31)O2. The van der Waals surface area contributed by atoms with Crippen molar-refractivity contribution in [3.05, 3.63) is 122 Å². The molecule has 12 nitrogen and oxygen atoms in total. The number of aryl methyl sites for hydroxylation is 2. The number of nitrogens with zero attached hydrogens (tertiary/aromatic N) is 1. The Kier molecular flexibility index (Phi) is 12.0. The highest BCUT2D eigenvalue weighted by Gasteiger charge is 2.32. The number of hydrogen-bond donors (Lipinski definition) is 3. The Morgan fingerprint density at radius 1 is 0.804 bits per heavy atom. The number of hydrogen-bond acceptors (Lipinski definition) is 12. The molecule has 0 radical (unpaired) electrons. The minimum atomic E-state index is -0.407. The lowest BCUT2D eigenvalue weighted by molar-refractivity contribution is -0.384. The molecular weight excluding hydrogens is 733 g/mol. The van der Waals surface area contributed by atoms with Gasteiger partial charge in [-0.3, -0.25) is 10.1 Å². The molecule has 5 aromatic rings. The second-order valence-electron chi connectivity index (χ2n) is 13.6. The Hall–Kier alpha value is -5.63. The van der Waals surface area contributed by atoms with Gasteiger partial charge in [0.15, 0.2) is 34.5 Å². The molecule has 0 saturated carbocycles. The smallest absolute Gasteiger partial charge is 0.269 e. The lowest BCUT2D eigenvalue weighted by Gasteiger charge is -2.31. The highest BCUT2D eigenvalue weighted by molar-refractivity contribution is 8.00. The van der Waals surface area contributed by atoms with Crippen LogP contribution in [0.25, 0.3) is 0 Å². The Bertz CT molecular complexity index is 2200. The summed E-state index contributed by atoms with van der Waals surface area (Å²) in [6.45, 7) is 1.55. The number of anilines is 1. The molecule has 3 N–H and O–H groups in total. The highest BCUT2D eigenvalue weighted by Crippen LogP contribution is 2.50. The molecule has 3 aliphatic rings. The van der Waals surface area contributed by atoms with E-state index >= 15 is 0 Å². The van der Waals surface area contributed by atoms with Crippen LogP contribution in [0.5, 0.6) is 46.0 Å². The van der Waals surface area contributed by atoms with Crippen molar-refractivity contribution in [2.75, 3.05) is 53.3 Å². The molecular formula is C43H46N4O8S. The van der Waals surface area contributed by atoms with Crippen LogP contribution >= 0.6 is 11.9 Å². The van der Waals surface area contributed by atoms with Gasteiger partial charge < -0.3 is 43.8 Å². The molecule has 0 saturated heterocycles. The molecule has 8 rings (SSSR count). The maximum atomic E-state index is 11.3. The Morgan fingerprint density at radius 3 is 2.21 bits per heavy atom. The third kappa shape index (κ3) is 8.30. The van der Waals surface area contributed by atoms with E-state index in [0.717, 1.165) is 66.0 Å². The number of methoxy groups -OCH3 is 4. The molecule has 13 heteroatoms. The summed E-state index contributed by atoms with van der Waals surface area (Å²) in [4.78, 5) is 11.7. The molecule has 292 valence electrons. The van der Waals surface area contributed by atoms with E-state index in [1.54, 1.807) is 40.6 Å². The van der Waals surface area contributed by atoms with Gasteiger partial charge in [0.1, 0.15) is 5.75 Å². The standard InChI is InChI=1S/C43H46N4O8S/c1-44-18-16-28-21-36(50-2)39-22-27(28)9-6-26-7-12-32(13-8-26)54-38-24-30(34(25-37(38)51-3)46-56-33-14-10-31(11-15-33)47(48)49)20-35-41-29(17-19-45-35)23-40(52-4)42(53-5)43(41)55-39/h7-8,10-15,21-25,35,44-46H,6,9,16-20H2,1-5H3/t35-/m0/s1. The third-order valence-electron chi connectivity index (χ3n) is 10.2. The number of nitro benzene ring substituents is 1. The molecule has 0 spiro atoms. The average Bonchev–Trinajstić information content (AvgIpc) is 3.22. The number of ether oxygens (including phenoxy) is 6. The van der Waals surface area contributed by atoms with Crippen molar-refractivity contribution < 1.29 is 33.3 Å². The first-order chi connectivity index (χ1) is 27.3. The normalized spacial score (nSPS) is 14.6. The van der Waals surface area contributed by atoms with Crippen LogP contribution in [-0.4, -0.2) is 53.5 Å². The maximum Gasteiger partial charge on any atom is 0.269 e. The molecule has 0 amide bonds. The third-order valence-corrected chi connectivity index (χ3v) is 11.0. The maximum absolute atomic E-state index is 11.3. The van der Waals surface area contributed by atoms with Crippen molar-refractivity contribution in [1.29, 1.82) is 0 Å². The van der Waals surface area contributed by atoms with Crippen LogP contribution in [0, 0.1) is 10.1 Å². The Balaban J connectivity index is 1.38. The van der Waals surface area contributed by atoms with Gasteiger partial charge in [-0.1, -0.05) is 12.1 Å². The van der Waals surface area contributed by atoms with Crippen molar-refractivity contribution >= 4 is 23.3 Å². The number of nitrogens with one attached hydrogen (secondary N) is 3. The van der Waals surface area contributed by atoms with Crippen LogP contribution in [0.4, 0.5) is 11.4 Å². The van der Waals surface area contributed by atoms with E-state index in [1.165, 1.54) is 40.8 Å². The monoisotopic (exact) mass is 778 g/mol. The summed E-state index contributed by atoms with van der Waals surface area (Å²) in [6, 6.07) is 24.5. The number of non-ortho nitro benzene ring substituents is 1. The van der Waals surface area contributed by atoms with E-state index in [1.807, 2.05) is 37.4 Å². The van der Waals surface area contributed by atoms with Gasteiger partial charge in [0.05, 0.1) is 39.0 Å². The van der Waals surface area contributed by atoms with Crippen molar-refractivity contribution in [2.24, 2.45) is 0 Å². The topological polar surface area (TPSA) is 135 Å². The second kappa shape index (κ2) is 17.4. The molecule has 0 aliphatic carbocycles. The van der Waals surface area contributed by atoms with Crippen LogP contribution in [-0.2, 0) is 32.1 Å². The van der Waals surface area contributed by atoms with E-state index in [4.69, 9.17) is 28.4 Å². The molecule has 0 fully saturated rings. The van der Waals surface area contributed by atoms with Gasteiger partial charge in [0.2, 0.25) is 5.75 Å². The van der Waals surface area contributed by atoms with Crippen LogP contribution < -0.4 is 43.8 Å². The van der Waals surface area contributed by atoms with Crippen LogP contribution in [0.3, 0.4) is 0 Å². The van der Waals surface area contributed by atoms with Crippen molar-refractivity contribution in [2.45, 2.75) is 43.0 Å². The number of likely N-dealkylation sites (N-methyl/N-ethyl adjacent to an activating group) is 1. The first-order valence-electron chi connectivity index (χ1n) is 18.5. The molecule has 56 heavy (non-hydrogen) atoms. The van der Waals surface area contributed by atoms with Gasteiger partial charge in [-0.15, -0.1) is 0 Å². The summed E-state index contributed by atoms with van der Waals surface area (Å²) in [5, 5.41) is 18.3. The summed E-state index contributed by atoms with van der Waals surface area (Å²) in [6.07, 6.45) is 3.70. The van der Waals surface area contributed by atoms with Crippen molar-refractivity contribution in [3.63, 3.8) is 0 Å². The lowest BCUT2D eigenvalue weighted by Crippen LogP contribution is -2.32. The fourth-order valence-corrected chi connectivity index (χ4v) is 7.99. The fourth-order valence-electron chi connectivity index (χ4n) is 7.30. The van der Waals surface area contributed by atoms with Crippen molar-refractivity contribution in [1.82, 2.24) is 10.6 Å². The summed E-state index contributed by atoms with van der Waals surface area (Å²) >= 11 is 1.35. The second-order valence-corrected chi connectivity index (χ2v) is 14.4. The van der Waals surface area contributed by atoms with Gasteiger partial charge in [-0.05, 0) is 141 Å². The van der Waals surface area contributed by atoms with E-state index in [9.17, 15) is 10.1 Å². The summed E-state index contributed by atoms with van der Waals surface area (Å²) in [7, 11) is 8.50. The first kappa shape index (κ1) is 38.6. The fraction of sp³-hybridized carbons (Fsp3) is 0.302. The van der Waals surface area contributed by atoms with Gasteiger partial charge in [0.25, 0.3) is 5.69 Å². The quantitative estimate of drug-likeness (QED) is 0.0673. The molecule has 0 unspecified atom stereocenters. The Labute approximate surface area is 331 Å². The summed E-state index contributed by atoms with van der Waals surface area (Å²) < 4.78 is 40.9. The van der Waals surface area contributed by atoms with E-state index in [-0.39, 0.29) is 11.7 Å². The number of fused-ring (bicyclic) bond motifs is 3. The van der Waals surface area contributed by atoms with E-state index < -0.39 is 4.92 Å². The minimum absolute atomic E-state index is 0.0305. The number of benzene rings is 5. The molecule has 6 bridgehead atoms. The predicted molar refractivity (Wildman–Crippen MR) is 218 cm³/mol.